The van der Waals surface area contributed by atoms with E-state index in [9.17, 15) is 0 Å². The summed E-state index contributed by atoms with van der Waals surface area (Å²) in [5, 5.41) is 4.40. The van der Waals surface area contributed by atoms with Crippen LogP contribution in [0.25, 0.3) is 11.0 Å². The van der Waals surface area contributed by atoms with Gasteiger partial charge in [0.25, 0.3) is 0 Å². The van der Waals surface area contributed by atoms with E-state index in [1.165, 1.54) is 0 Å². The number of benzene rings is 1. The SMILES string of the molecule is CCCOc1ccc2oc(C(NC)C(C)C)cc2c1. The molecule has 0 bridgehead atoms. The molecule has 1 aromatic carbocycles. The van der Waals surface area contributed by atoms with E-state index in [0.29, 0.717) is 5.92 Å². The molecule has 0 aliphatic rings. The molecule has 1 unspecified atom stereocenters. The van der Waals surface area contributed by atoms with Crippen molar-refractivity contribution in [3.05, 3.63) is 30.0 Å². The van der Waals surface area contributed by atoms with Crippen LogP contribution in [-0.2, 0) is 0 Å². The molecule has 1 N–H and O–H groups in total. The highest BCUT2D eigenvalue weighted by Gasteiger charge is 2.18. The summed E-state index contributed by atoms with van der Waals surface area (Å²) in [6, 6.07) is 8.35. The Labute approximate surface area is 114 Å². The summed E-state index contributed by atoms with van der Waals surface area (Å²) in [5.41, 5.74) is 0.916. The molecule has 0 saturated heterocycles. The summed E-state index contributed by atoms with van der Waals surface area (Å²) in [7, 11) is 1.97. The smallest absolute Gasteiger partial charge is 0.134 e. The number of ether oxygens (including phenoxy) is 1. The van der Waals surface area contributed by atoms with Crippen LogP contribution in [0.1, 0.15) is 39.0 Å². The van der Waals surface area contributed by atoms with Gasteiger partial charge in [-0.3, -0.25) is 0 Å². The number of hydrogen-bond donors (Lipinski definition) is 1. The number of fused-ring (bicyclic) bond motifs is 1. The number of hydrogen-bond acceptors (Lipinski definition) is 3. The Morgan fingerprint density at radius 3 is 2.68 bits per heavy atom. The van der Waals surface area contributed by atoms with Crippen molar-refractivity contribution in [1.82, 2.24) is 5.32 Å². The average molecular weight is 261 g/mol. The third-order valence-electron chi connectivity index (χ3n) is 3.26. The van der Waals surface area contributed by atoms with Gasteiger partial charge >= 0.3 is 0 Å². The van der Waals surface area contributed by atoms with Gasteiger partial charge in [-0.25, -0.2) is 0 Å². The lowest BCUT2D eigenvalue weighted by Gasteiger charge is -2.16. The van der Waals surface area contributed by atoms with Gasteiger partial charge in [-0.1, -0.05) is 20.8 Å². The molecule has 0 fully saturated rings. The van der Waals surface area contributed by atoms with E-state index in [1.54, 1.807) is 0 Å². The van der Waals surface area contributed by atoms with E-state index in [0.717, 1.165) is 35.5 Å². The quantitative estimate of drug-likeness (QED) is 0.848. The lowest BCUT2D eigenvalue weighted by molar-refractivity contribution is 0.318. The molecule has 0 spiro atoms. The van der Waals surface area contributed by atoms with Gasteiger partial charge in [0.05, 0.1) is 12.6 Å². The summed E-state index contributed by atoms with van der Waals surface area (Å²) in [6.45, 7) is 7.23. The molecular formula is C16H23NO2. The zero-order chi connectivity index (χ0) is 13.8. The van der Waals surface area contributed by atoms with Crippen LogP contribution in [0.4, 0.5) is 0 Å². The van der Waals surface area contributed by atoms with Crippen LogP contribution in [0.3, 0.4) is 0 Å². The minimum atomic E-state index is 0.243. The van der Waals surface area contributed by atoms with E-state index >= 15 is 0 Å². The number of furan rings is 1. The molecule has 0 radical (unpaired) electrons. The van der Waals surface area contributed by atoms with Crippen molar-refractivity contribution in [2.24, 2.45) is 5.92 Å². The molecule has 1 aromatic heterocycles. The van der Waals surface area contributed by atoms with Gasteiger partial charge in [0.2, 0.25) is 0 Å². The molecule has 19 heavy (non-hydrogen) atoms. The third kappa shape index (κ3) is 3.10. The zero-order valence-electron chi connectivity index (χ0n) is 12.2. The summed E-state index contributed by atoms with van der Waals surface area (Å²) in [5.74, 6) is 2.38. The highest BCUT2D eigenvalue weighted by molar-refractivity contribution is 5.79. The summed E-state index contributed by atoms with van der Waals surface area (Å²) >= 11 is 0. The average Bonchev–Trinajstić information content (AvgIpc) is 2.79. The molecule has 0 aliphatic heterocycles. The van der Waals surface area contributed by atoms with Gasteiger partial charge < -0.3 is 14.5 Å². The van der Waals surface area contributed by atoms with Crippen LogP contribution in [0.2, 0.25) is 0 Å². The molecule has 2 rings (SSSR count). The number of rotatable bonds is 6. The minimum absolute atomic E-state index is 0.243. The summed E-state index contributed by atoms with van der Waals surface area (Å²) in [4.78, 5) is 0. The fourth-order valence-electron chi connectivity index (χ4n) is 2.31. The van der Waals surface area contributed by atoms with Crippen molar-refractivity contribution in [1.29, 1.82) is 0 Å². The standard InChI is InChI=1S/C16H23NO2/c1-5-8-18-13-6-7-14-12(9-13)10-15(19-14)16(17-4)11(2)3/h6-7,9-11,16-17H,5,8H2,1-4H3. The highest BCUT2D eigenvalue weighted by Crippen LogP contribution is 2.30. The molecule has 3 nitrogen and oxygen atoms in total. The Hall–Kier alpha value is -1.48. The first-order chi connectivity index (χ1) is 9.15. The fourth-order valence-corrected chi connectivity index (χ4v) is 2.31. The Bertz CT molecular complexity index is 531. The monoisotopic (exact) mass is 261 g/mol. The number of nitrogens with one attached hydrogen (secondary N) is 1. The summed E-state index contributed by atoms with van der Waals surface area (Å²) < 4.78 is 11.6. The van der Waals surface area contributed by atoms with Crippen LogP contribution in [0.15, 0.2) is 28.7 Å². The Morgan fingerprint density at radius 2 is 2.05 bits per heavy atom. The first-order valence-corrected chi connectivity index (χ1v) is 6.99. The zero-order valence-corrected chi connectivity index (χ0v) is 12.2. The molecule has 2 aromatic rings. The first kappa shape index (κ1) is 13.9. The predicted molar refractivity (Wildman–Crippen MR) is 78.6 cm³/mol. The highest BCUT2D eigenvalue weighted by atomic mass is 16.5. The predicted octanol–water partition coefficient (Wildman–Crippen LogP) is 4.14. The van der Waals surface area contributed by atoms with E-state index in [-0.39, 0.29) is 6.04 Å². The Kier molecular flexibility index (Phi) is 4.48. The van der Waals surface area contributed by atoms with Gasteiger partial charge in [-0.15, -0.1) is 0 Å². The van der Waals surface area contributed by atoms with Crippen LogP contribution >= 0.6 is 0 Å². The normalized spacial score (nSPS) is 13.1. The minimum Gasteiger partial charge on any atom is -0.494 e. The van der Waals surface area contributed by atoms with Crippen LogP contribution in [0, 0.1) is 5.92 Å². The lowest BCUT2D eigenvalue weighted by atomic mass is 10.0. The Morgan fingerprint density at radius 1 is 1.26 bits per heavy atom. The van der Waals surface area contributed by atoms with Crippen molar-refractivity contribution in [2.75, 3.05) is 13.7 Å². The second-order valence-corrected chi connectivity index (χ2v) is 5.21. The lowest BCUT2D eigenvalue weighted by Crippen LogP contribution is -2.20. The van der Waals surface area contributed by atoms with Crippen molar-refractivity contribution in [2.45, 2.75) is 33.2 Å². The maximum absolute atomic E-state index is 5.92. The molecule has 0 amide bonds. The maximum atomic E-state index is 5.92. The molecule has 1 atom stereocenters. The maximum Gasteiger partial charge on any atom is 0.134 e. The van der Waals surface area contributed by atoms with Crippen LogP contribution < -0.4 is 10.1 Å². The Balaban J connectivity index is 2.29. The molecule has 3 heteroatoms. The molecule has 0 saturated carbocycles. The third-order valence-corrected chi connectivity index (χ3v) is 3.26. The van der Waals surface area contributed by atoms with Crippen molar-refractivity contribution in [3.8, 4) is 5.75 Å². The van der Waals surface area contributed by atoms with Crippen molar-refractivity contribution >= 4 is 11.0 Å². The fraction of sp³-hybridized carbons (Fsp3) is 0.500. The van der Waals surface area contributed by atoms with Crippen LogP contribution in [-0.4, -0.2) is 13.7 Å². The second kappa shape index (κ2) is 6.11. The molecule has 104 valence electrons. The molecule has 1 heterocycles. The second-order valence-electron chi connectivity index (χ2n) is 5.21. The van der Waals surface area contributed by atoms with E-state index < -0.39 is 0 Å². The van der Waals surface area contributed by atoms with Gasteiger partial charge in [-0.2, -0.15) is 0 Å². The first-order valence-electron chi connectivity index (χ1n) is 6.99. The molecule has 0 aliphatic carbocycles. The topological polar surface area (TPSA) is 34.4 Å². The summed E-state index contributed by atoms with van der Waals surface area (Å²) in [6.07, 6.45) is 1.02. The van der Waals surface area contributed by atoms with Gasteiger partial charge in [-0.05, 0) is 43.7 Å². The largest absolute Gasteiger partial charge is 0.494 e. The van der Waals surface area contributed by atoms with Gasteiger partial charge in [0.1, 0.15) is 17.1 Å². The van der Waals surface area contributed by atoms with Gasteiger partial charge in [0, 0.05) is 5.39 Å². The van der Waals surface area contributed by atoms with E-state index in [4.69, 9.17) is 9.15 Å². The van der Waals surface area contributed by atoms with Crippen molar-refractivity contribution in [3.63, 3.8) is 0 Å². The molecular weight excluding hydrogens is 238 g/mol. The van der Waals surface area contributed by atoms with Gasteiger partial charge in [0.15, 0.2) is 0 Å². The van der Waals surface area contributed by atoms with Crippen LogP contribution in [0.5, 0.6) is 5.75 Å². The van der Waals surface area contributed by atoms with E-state index in [2.05, 4.69) is 32.2 Å². The van der Waals surface area contributed by atoms with E-state index in [1.807, 2.05) is 25.2 Å². The van der Waals surface area contributed by atoms with Crippen molar-refractivity contribution < 1.29 is 9.15 Å².